The van der Waals surface area contributed by atoms with E-state index in [1.54, 1.807) is 4.90 Å². The van der Waals surface area contributed by atoms with Gasteiger partial charge in [0.1, 0.15) is 12.2 Å². The molecule has 0 radical (unpaired) electrons. The third-order valence-electron chi connectivity index (χ3n) is 4.66. The highest BCUT2D eigenvalue weighted by Gasteiger charge is 2.43. The minimum absolute atomic E-state index is 0.0684. The van der Waals surface area contributed by atoms with E-state index in [0.29, 0.717) is 18.5 Å². The van der Waals surface area contributed by atoms with Crippen LogP contribution in [0.1, 0.15) is 39.5 Å². The van der Waals surface area contributed by atoms with Gasteiger partial charge in [-0.15, -0.1) is 0 Å². The number of likely N-dealkylation sites (tertiary alicyclic amines) is 1. The summed E-state index contributed by atoms with van der Waals surface area (Å²) in [6, 6.07) is -0.0684. The standard InChI is InChI=1S/C14H24N2O4/c1-3-14(5-4-6-14)8-15-12(19)16-9-13(2,10-16)20-7-11(17)18/h3-10H2,1-2H3,(H,15,19)(H,17,18). The van der Waals surface area contributed by atoms with Gasteiger partial charge in [0, 0.05) is 6.54 Å². The SMILES string of the molecule is CCC1(CNC(=O)N2CC(C)(OCC(=O)O)C2)CCC1. The molecule has 0 bridgehead atoms. The molecule has 2 amide bonds. The fourth-order valence-corrected chi connectivity index (χ4v) is 2.94. The maximum Gasteiger partial charge on any atom is 0.329 e. The second kappa shape index (κ2) is 5.60. The topological polar surface area (TPSA) is 78.9 Å². The molecule has 1 aliphatic carbocycles. The average Bonchev–Trinajstić information content (AvgIpc) is 2.32. The predicted molar refractivity (Wildman–Crippen MR) is 73.5 cm³/mol. The maximum absolute atomic E-state index is 12.0. The number of hydrogen-bond donors (Lipinski definition) is 2. The van der Waals surface area contributed by atoms with E-state index in [1.807, 2.05) is 6.92 Å². The molecule has 2 rings (SSSR count). The number of urea groups is 1. The molecule has 0 unspecified atom stereocenters. The Morgan fingerprint density at radius 1 is 1.35 bits per heavy atom. The normalized spacial score (nSPS) is 22.6. The second-order valence-corrected chi connectivity index (χ2v) is 6.35. The summed E-state index contributed by atoms with van der Waals surface area (Å²) >= 11 is 0. The lowest BCUT2D eigenvalue weighted by Crippen LogP contribution is -2.65. The van der Waals surface area contributed by atoms with Crippen molar-refractivity contribution in [3.8, 4) is 0 Å². The Morgan fingerprint density at radius 2 is 2.00 bits per heavy atom. The number of aliphatic carboxylic acids is 1. The molecule has 2 fully saturated rings. The van der Waals surface area contributed by atoms with Crippen LogP contribution in [0, 0.1) is 5.41 Å². The van der Waals surface area contributed by atoms with Gasteiger partial charge in [-0.1, -0.05) is 13.3 Å². The van der Waals surface area contributed by atoms with Crippen molar-refractivity contribution in [1.29, 1.82) is 0 Å². The van der Waals surface area contributed by atoms with Crippen LogP contribution in [0.4, 0.5) is 4.79 Å². The van der Waals surface area contributed by atoms with Gasteiger partial charge in [-0.05, 0) is 31.6 Å². The quantitative estimate of drug-likeness (QED) is 0.774. The summed E-state index contributed by atoms with van der Waals surface area (Å²) in [5.74, 6) is -0.982. The number of nitrogens with zero attached hydrogens (tertiary/aromatic N) is 1. The number of amides is 2. The first-order valence-electron chi connectivity index (χ1n) is 7.27. The van der Waals surface area contributed by atoms with Crippen LogP contribution >= 0.6 is 0 Å². The minimum atomic E-state index is -0.982. The number of carboxylic acid groups (broad SMARTS) is 1. The minimum Gasteiger partial charge on any atom is -0.480 e. The Labute approximate surface area is 119 Å². The van der Waals surface area contributed by atoms with Crippen molar-refractivity contribution >= 4 is 12.0 Å². The molecule has 1 saturated carbocycles. The summed E-state index contributed by atoms with van der Waals surface area (Å²) in [5.41, 5.74) is -0.210. The van der Waals surface area contributed by atoms with Crippen LogP contribution in [0.25, 0.3) is 0 Å². The van der Waals surface area contributed by atoms with Crippen molar-refractivity contribution in [3.05, 3.63) is 0 Å². The van der Waals surface area contributed by atoms with Gasteiger partial charge in [0.15, 0.2) is 0 Å². The van der Waals surface area contributed by atoms with E-state index in [1.165, 1.54) is 19.3 Å². The van der Waals surface area contributed by atoms with E-state index >= 15 is 0 Å². The third-order valence-corrected chi connectivity index (χ3v) is 4.66. The zero-order valence-electron chi connectivity index (χ0n) is 12.3. The average molecular weight is 284 g/mol. The van der Waals surface area contributed by atoms with E-state index in [-0.39, 0.29) is 12.6 Å². The Kier molecular flexibility index (Phi) is 4.22. The van der Waals surface area contributed by atoms with Gasteiger partial charge in [0.25, 0.3) is 0 Å². The number of hydrogen-bond acceptors (Lipinski definition) is 3. The summed E-state index contributed by atoms with van der Waals surface area (Å²) < 4.78 is 5.29. The van der Waals surface area contributed by atoms with E-state index in [4.69, 9.17) is 9.84 Å². The number of ether oxygens (including phenoxy) is 1. The molecule has 0 spiro atoms. The van der Waals surface area contributed by atoms with Crippen molar-refractivity contribution in [3.63, 3.8) is 0 Å². The molecule has 1 heterocycles. The summed E-state index contributed by atoms with van der Waals surface area (Å²) in [6.07, 6.45) is 4.76. The third kappa shape index (κ3) is 3.23. The van der Waals surface area contributed by atoms with Gasteiger partial charge >= 0.3 is 12.0 Å². The van der Waals surface area contributed by atoms with Crippen LogP contribution in [0.5, 0.6) is 0 Å². The van der Waals surface area contributed by atoms with Crippen molar-refractivity contribution < 1.29 is 19.4 Å². The van der Waals surface area contributed by atoms with Crippen molar-refractivity contribution in [2.45, 2.75) is 45.1 Å². The van der Waals surface area contributed by atoms with E-state index in [9.17, 15) is 9.59 Å². The highest BCUT2D eigenvalue weighted by atomic mass is 16.5. The first-order valence-corrected chi connectivity index (χ1v) is 7.27. The molecule has 6 heteroatoms. The van der Waals surface area contributed by atoms with E-state index in [2.05, 4.69) is 12.2 Å². The first kappa shape index (κ1) is 15.1. The van der Waals surface area contributed by atoms with Crippen LogP contribution in [0.3, 0.4) is 0 Å². The molecule has 2 aliphatic rings. The molecule has 1 aliphatic heterocycles. The Hall–Kier alpha value is -1.30. The van der Waals surface area contributed by atoms with Crippen LogP contribution in [0.2, 0.25) is 0 Å². The van der Waals surface area contributed by atoms with Crippen LogP contribution in [0.15, 0.2) is 0 Å². The van der Waals surface area contributed by atoms with Crippen molar-refractivity contribution in [2.75, 3.05) is 26.2 Å². The Morgan fingerprint density at radius 3 is 2.45 bits per heavy atom. The number of carbonyl (C=O) groups is 2. The largest absolute Gasteiger partial charge is 0.480 e. The first-order chi connectivity index (χ1) is 9.38. The summed E-state index contributed by atoms with van der Waals surface area (Å²) in [7, 11) is 0. The zero-order valence-corrected chi connectivity index (χ0v) is 12.3. The fraction of sp³-hybridized carbons (Fsp3) is 0.857. The lowest BCUT2D eigenvalue weighted by molar-refractivity contribution is -0.159. The van der Waals surface area contributed by atoms with E-state index in [0.717, 1.165) is 13.0 Å². The van der Waals surface area contributed by atoms with Gasteiger partial charge < -0.3 is 20.1 Å². The predicted octanol–water partition coefficient (Wildman–Crippen LogP) is 1.45. The Bertz CT molecular complexity index is 381. The summed E-state index contributed by atoms with van der Waals surface area (Å²) in [4.78, 5) is 24.1. The molecule has 0 atom stereocenters. The molecule has 1 saturated heterocycles. The summed E-state index contributed by atoms with van der Waals surface area (Å²) in [6.45, 7) is 5.33. The molecular weight excluding hydrogens is 260 g/mol. The van der Waals surface area contributed by atoms with Gasteiger partial charge in [-0.25, -0.2) is 9.59 Å². The lowest BCUT2D eigenvalue weighted by Gasteiger charge is -2.48. The van der Waals surface area contributed by atoms with Crippen molar-refractivity contribution in [2.24, 2.45) is 5.41 Å². The van der Waals surface area contributed by atoms with Gasteiger partial charge in [-0.2, -0.15) is 0 Å². The number of rotatable bonds is 6. The molecule has 2 N–H and O–H groups in total. The molecule has 0 aromatic heterocycles. The van der Waals surface area contributed by atoms with Crippen molar-refractivity contribution in [1.82, 2.24) is 10.2 Å². The van der Waals surface area contributed by atoms with Gasteiger partial charge in [0.2, 0.25) is 0 Å². The Balaban J connectivity index is 1.69. The van der Waals surface area contributed by atoms with Crippen LogP contribution in [-0.2, 0) is 9.53 Å². The monoisotopic (exact) mass is 284 g/mol. The molecule has 0 aromatic rings. The molecule has 0 aromatic carbocycles. The molecular formula is C14H24N2O4. The highest BCUT2D eigenvalue weighted by molar-refractivity contribution is 5.75. The zero-order chi connectivity index (χ0) is 14.8. The highest BCUT2D eigenvalue weighted by Crippen LogP contribution is 2.43. The number of carbonyl (C=O) groups excluding carboxylic acids is 1. The maximum atomic E-state index is 12.0. The number of nitrogens with one attached hydrogen (secondary N) is 1. The summed E-state index contributed by atoms with van der Waals surface area (Å²) in [5, 5.41) is 11.6. The van der Waals surface area contributed by atoms with Gasteiger partial charge in [-0.3, -0.25) is 0 Å². The van der Waals surface area contributed by atoms with E-state index < -0.39 is 11.6 Å². The van der Waals surface area contributed by atoms with Crippen LogP contribution in [-0.4, -0.2) is 53.8 Å². The van der Waals surface area contributed by atoms with Gasteiger partial charge in [0.05, 0.1) is 13.1 Å². The molecule has 6 nitrogen and oxygen atoms in total. The molecule has 20 heavy (non-hydrogen) atoms. The lowest BCUT2D eigenvalue weighted by atomic mass is 9.67. The second-order valence-electron chi connectivity index (χ2n) is 6.35. The smallest absolute Gasteiger partial charge is 0.329 e. The fourth-order valence-electron chi connectivity index (χ4n) is 2.94. The molecule has 114 valence electrons. The van der Waals surface area contributed by atoms with Crippen LogP contribution < -0.4 is 5.32 Å². The number of carboxylic acids is 1.